The number of benzene rings is 1. The number of ketones is 1. The lowest BCUT2D eigenvalue weighted by atomic mass is 9.95. The zero-order valence-corrected chi connectivity index (χ0v) is 10.5. The summed E-state index contributed by atoms with van der Waals surface area (Å²) in [6.07, 6.45) is 1.50. The van der Waals surface area contributed by atoms with Gasteiger partial charge in [-0.25, -0.2) is 0 Å². The molecule has 0 fully saturated rings. The number of nitrogens with zero attached hydrogens (tertiary/aromatic N) is 2. The molecule has 1 aliphatic heterocycles. The normalized spacial score (nSPS) is 16.3. The highest BCUT2D eigenvalue weighted by molar-refractivity contribution is 6.41. The predicted octanol–water partition coefficient (Wildman–Crippen LogP) is 1.15. The van der Waals surface area contributed by atoms with E-state index in [1.807, 2.05) is 0 Å². The minimum absolute atomic E-state index is 0.494. The topological polar surface area (TPSA) is 59.0 Å². The Balaban J connectivity index is 2.40. The number of methoxy groups -OCH3 is 1. The summed E-state index contributed by atoms with van der Waals surface area (Å²) in [6.45, 7) is 0. The van der Waals surface area contributed by atoms with E-state index in [-0.39, 0.29) is 0 Å². The van der Waals surface area contributed by atoms with E-state index >= 15 is 0 Å². The number of carbonyl (C=O) groups is 2. The second-order valence-electron chi connectivity index (χ2n) is 4.21. The standard InChI is InChI=1S/C13H14N2O3/c1-15(2)13(17)12(16)8-7-14-9-5-4-6-10(18-3)11(8)9/h4-8H,1-3H3. The molecule has 5 heteroatoms. The van der Waals surface area contributed by atoms with Crippen LogP contribution < -0.4 is 4.74 Å². The molecule has 0 saturated carbocycles. The van der Waals surface area contributed by atoms with Crippen molar-refractivity contribution in [2.75, 3.05) is 21.2 Å². The molecule has 1 aromatic rings. The number of amides is 1. The molecule has 1 atom stereocenters. The second-order valence-corrected chi connectivity index (χ2v) is 4.21. The van der Waals surface area contributed by atoms with Gasteiger partial charge in [0.2, 0.25) is 5.78 Å². The quantitative estimate of drug-likeness (QED) is 0.752. The maximum atomic E-state index is 12.1. The Labute approximate surface area is 105 Å². The molecule has 0 aromatic heterocycles. The van der Waals surface area contributed by atoms with Gasteiger partial charge in [-0.1, -0.05) is 6.07 Å². The van der Waals surface area contributed by atoms with Crippen LogP contribution in [0.15, 0.2) is 23.2 Å². The number of ether oxygens (including phenoxy) is 1. The Morgan fingerprint density at radius 2 is 2.06 bits per heavy atom. The summed E-state index contributed by atoms with van der Waals surface area (Å²) >= 11 is 0. The van der Waals surface area contributed by atoms with Gasteiger partial charge < -0.3 is 9.64 Å². The van der Waals surface area contributed by atoms with E-state index in [0.29, 0.717) is 17.0 Å². The SMILES string of the molecule is COc1cccc2c1C(C(=O)C(=O)N(C)C)C=N2. The zero-order valence-electron chi connectivity index (χ0n) is 10.5. The molecule has 0 N–H and O–H groups in total. The van der Waals surface area contributed by atoms with Crippen LogP contribution in [-0.4, -0.2) is 44.0 Å². The van der Waals surface area contributed by atoms with Gasteiger partial charge in [-0.15, -0.1) is 0 Å². The fourth-order valence-electron chi connectivity index (χ4n) is 1.92. The lowest BCUT2D eigenvalue weighted by molar-refractivity contribution is -0.142. The van der Waals surface area contributed by atoms with Crippen molar-refractivity contribution < 1.29 is 14.3 Å². The first-order valence-electron chi connectivity index (χ1n) is 5.53. The van der Waals surface area contributed by atoms with E-state index in [9.17, 15) is 9.59 Å². The summed E-state index contributed by atoms with van der Waals surface area (Å²) in [5.74, 6) is -1.10. The molecule has 2 rings (SSSR count). The van der Waals surface area contributed by atoms with Gasteiger partial charge in [0.15, 0.2) is 0 Å². The highest BCUT2D eigenvalue weighted by atomic mass is 16.5. The average molecular weight is 246 g/mol. The van der Waals surface area contributed by atoms with Gasteiger partial charge in [-0.3, -0.25) is 14.6 Å². The molecule has 1 heterocycles. The summed E-state index contributed by atoms with van der Waals surface area (Å²) in [7, 11) is 4.63. The Kier molecular flexibility index (Phi) is 3.14. The van der Waals surface area contributed by atoms with E-state index in [1.165, 1.54) is 18.2 Å². The molecule has 5 nitrogen and oxygen atoms in total. The molecule has 0 radical (unpaired) electrons. The highest BCUT2D eigenvalue weighted by Crippen LogP contribution is 2.39. The molecule has 18 heavy (non-hydrogen) atoms. The molecule has 0 saturated heterocycles. The summed E-state index contributed by atoms with van der Waals surface area (Å²) < 4.78 is 5.22. The largest absolute Gasteiger partial charge is 0.496 e. The summed E-state index contributed by atoms with van der Waals surface area (Å²) in [5, 5.41) is 0. The number of carbonyl (C=O) groups excluding carboxylic acids is 2. The van der Waals surface area contributed by atoms with Gasteiger partial charge in [0.05, 0.1) is 18.7 Å². The fraction of sp³-hybridized carbons (Fsp3) is 0.308. The third-order valence-corrected chi connectivity index (χ3v) is 2.84. The zero-order chi connectivity index (χ0) is 13.3. The lowest BCUT2D eigenvalue weighted by Crippen LogP contribution is -2.33. The van der Waals surface area contributed by atoms with E-state index in [4.69, 9.17) is 4.74 Å². The molecule has 1 aliphatic rings. The third kappa shape index (κ3) is 1.88. The number of likely N-dealkylation sites (N-methyl/N-ethyl adjacent to an activating group) is 1. The van der Waals surface area contributed by atoms with E-state index < -0.39 is 17.6 Å². The monoisotopic (exact) mass is 246 g/mol. The van der Waals surface area contributed by atoms with Crippen molar-refractivity contribution in [1.29, 1.82) is 0 Å². The molecule has 1 unspecified atom stereocenters. The smallest absolute Gasteiger partial charge is 0.290 e. The van der Waals surface area contributed by atoms with Gasteiger partial charge >= 0.3 is 0 Å². The number of aliphatic imine (C=N–C) groups is 1. The van der Waals surface area contributed by atoms with Crippen molar-refractivity contribution in [3.63, 3.8) is 0 Å². The molecule has 1 aromatic carbocycles. The molecular weight excluding hydrogens is 232 g/mol. The van der Waals surface area contributed by atoms with Crippen molar-refractivity contribution >= 4 is 23.6 Å². The van der Waals surface area contributed by atoms with Crippen molar-refractivity contribution in [3.05, 3.63) is 23.8 Å². The second kappa shape index (κ2) is 4.60. The van der Waals surface area contributed by atoms with Crippen molar-refractivity contribution in [1.82, 2.24) is 4.90 Å². The van der Waals surface area contributed by atoms with Crippen LogP contribution in [0.25, 0.3) is 0 Å². The van der Waals surface area contributed by atoms with Gasteiger partial charge in [0.25, 0.3) is 5.91 Å². The minimum atomic E-state index is -0.647. The molecule has 0 bridgehead atoms. The van der Waals surface area contributed by atoms with E-state index in [2.05, 4.69) is 4.99 Å². The van der Waals surface area contributed by atoms with Crippen LogP contribution in [0.2, 0.25) is 0 Å². The van der Waals surface area contributed by atoms with Crippen molar-refractivity contribution in [3.8, 4) is 5.75 Å². The molecular formula is C13H14N2O3. The number of hydrogen-bond donors (Lipinski definition) is 0. The van der Waals surface area contributed by atoms with Gasteiger partial charge in [0.1, 0.15) is 5.75 Å². The van der Waals surface area contributed by atoms with Crippen LogP contribution in [0.5, 0.6) is 5.75 Å². The predicted molar refractivity (Wildman–Crippen MR) is 67.6 cm³/mol. The molecule has 94 valence electrons. The van der Waals surface area contributed by atoms with Crippen LogP contribution in [-0.2, 0) is 9.59 Å². The molecule has 1 amide bonds. The van der Waals surface area contributed by atoms with E-state index in [0.717, 1.165) is 0 Å². The van der Waals surface area contributed by atoms with E-state index in [1.54, 1.807) is 32.3 Å². The van der Waals surface area contributed by atoms with Crippen LogP contribution in [0.1, 0.15) is 11.5 Å². The Morgan fingerprint density at radius 1 is 1.33 bits per heavy atom. The van der Waals surface area contributed by atoms with Crippen molar-refractivity contribution in [2.45, 2.75) is 5.92 Å². The number of hydrogen-bond acceptors (Lipinski definition) is 4. The Morgan fingerprint density at radius 3 is 2.67 bits per heavy atom. The summed E-state index contributed by atoms with van der Waals surface area (Å²) in [5.41, 5.74) is 1.35. The minimum Gasteiger partial charge on any atom is -0.496 e. The average Bonchev–Trinajstić information content (AvgIpc) is 2.80. The van der Waals surface area contributed by atoms with Gasteiger partial charge in [-0.2, -0.15) is 0 Å². The first-order chi connectivity index (χ1) is 8.56. The molecule has 0 aliphatic carbocycles. The maximum absolute atomic E-state index is 12.1. The van der Waals surface area contributed by atoms with Gasteiger partial charge in [0, 0.05) is 25.9 Å². The highest BCUT2D eigenvalue weighted by Gasteiger charge is 2.33. The summed E-state index contributed by atoms with van der Waals surface area (Å²) in [6, 6.07) is 5.35. The number of Topliss-reactive ketones (excluding diaryl/α,β-unsaturated/α-hetero) is 1. The first kappa shape index (κ1) is 12.3. The third-order valence-electron chi connectivity index (χ3n) is 2.84. The first-order valence-corrected chi connectivity index (χ1v) is 5.53. The maximum Gasteiger partial charge on any atom is 0.290 e. The Hall–Kier alpha value is -2.17. The van der Waals surface area contributed by atoms with Crippen LogP contribution in [0.3, 0.4) is 0 Å². The van der Waals surface area contributed by atoms with Crippen LogP contribution >= 0.6 is 0 Å². The summed E-state index contributed by atoms with van der Waals surface area (Å²) in [4.78, 5) is 29.2. The van der Waals surface area contributed by atoms with Crippen molar-refractivity contribution in [2.24, 2.45) is 4.99 Å². The van der Waals surface area contributed by atoms with Gasteiger partial charge in [-0.05, 0) is 12.1 Å². The van der Waals surface area contributed by atoms with Crippen LogP contribution in [0.4, 0.5) is 5.69 Å². The number of fused-ring (bicyclic) bond motifs is 1. The van der Waals surface area contributed by atoms with Crippen LogP contribution in [0, 0.1) is 0 Å². The number of rotatable bonds is 3. The fourth-order valence-corrected chi connectivity index (χ4v) is 1.92. The molecule has 0 spiro atoms. The Bertz CT molecular complexity index is 535. The lowest BCUT2D eigenvalue weighted by Gasteiger charge is -2.14.